The number of carboxylic acid groups (broad SMARTS) is 1. The number of nitrogens with zero attached hydrogens (tertiary/aromatic N) is 2. The van der Waals surface area contributed by atoms with E-state index < -0.39 is 6.09 Å². The maximum Gasteiger partial charge on any atom is 0.137 e. The van der Waals surface area contributed by atoms with Crippen LogP contribution in [0.25, 0.3) is 11.1 Å². The zero-order chi connectivity index (χ0) is 22.5. The second kappa shape index (κ2) is 8.11. The Morgan fingerprint density at radius 3 is 2.38 bits per heavy atom. The molecule has 0 radical (unpaired) electrons. The van der Waals surface area contributed by atoms with Crippen molar-refractivity contribution in [3.05, 3.63) is 53.6 Å². The van der Waals surface area contributed by atoms with Crippen LogP contribution in [0.1, 0.15) is 50.3 Å². The van der Waals surface area contributed by atoms with Crippen LogP contribution in [-0.4, -0.2) is 48.7 Å². The highest BCUT2D eigenvalue weighted by molar-refractivity contribution is 5.68. The van der Waals surface area contributed by atoms with Gasteiger partial charge in [0.2, 0.25) is 0 Å². The minimum atomic E-state index is -1.02. The molecule has 2 atom stereocenters. The van der Waals surface area contributed by atoms with Gasteiger partial charge in [0, 0.05) is 12.6 Å². The average Bonchev–Trinajstić information content (AvgIpc) is 2.81. The Bertz CT molecular complexity index is 992. The number of benzene rings is 2. The fourth-order valence-corrected chi connectivity index (χ4v) is 6.27. The number of aryl methyl sites for hydroxylation is 1. The number of rotatable bonds is 4. The highest BCUT2D eigenvalue weighted by Crippen LogP contribution is 2.50. The zero-order valence-corrected chi connectivity index (χ0v) is 19.3. The molecule has 2 aromatic carbocycles. The Morgan fingerprint density at radius 1 is 1.09 bits per heavy atom. The van der Waals surface area contributed by atoms with Gasteiger partial charge in [-0.15, -0.1) is 0 Å². The molecule has 0 aromatic heterocycles. The van der Waals surface area contributed by atoms with E-state index in [1.165, 1.54) is 5.56 Å². The predicted octanol–water partition coefficient (Wildman–Crippen LogP) is 4.12. The number of hydrogen-bond donors (Lipinski definition) is 0. The van der Waals surface area contributed by atoms with Gasteiger partial charge in [-0.3, -0.25) is 0 Å². The molecule has 3 aliphatic heterocycles. The molecule has 0 unspecified atom stereocenters. The summed E-state index contributed by atoms with van der Waals surface area (Å²) in [4.78, 5) is 16.8. The third-order valence-corrected chi connectivity index (χ3v) is 8.11. The van der Waals surface area contributed by atoms with Crippen molar-refractivity contribution in [1.29, 1.82) is 0 Å². The smallest absolute Gasteiger partial charge is 0.137 e. The summed E-state index contributed by atoms with van der Waals surface area (Å²) in [6.07, 6.45) is 3.08. The van der Waals surface area contributed by atoms with Crippen LogP contribution in [0.15, 0.2) is 42.5 Å². The summed E-state index contributed by atoms with van der Waals surface area (Å²) in [7, 11) is 1.67. The van der Waals surface area contributed by atoms with E-state index in [-0.39, 0.29) is 17.5 Å². The first-order valence-electron chi connectivity index (χ1n) is 11.9. The number of fused-ring (bicyclic) bond motifs is 4. The van der Waals surface area contributed by atoms with Gasteiger partial charge in [0.05, 0.1) is 13.2 Å². The molecule has 2 bridgehead atoms. The first-order valence-corrected chi connectivity index (χ1v) is 11.9. The molecule has 1 amide bonds. The molecule has 0 saturated carbocycles. The summed E-state index contributed by atoms with van der Waals surface area (Å²) in [5.41, 5.74) is 4.58. The Kier molecular flexibility index (Phi) is 5.40. The molecule has 4 aliphatic rings. The van der Waals surface area contributed by atoms with Gasteiger partial charge in [-0.25, -0.2) is 0 Å². The first-order chi connectivity index (χ1) is 15.4. The van der Waals surface area contributed by atoms with Gasteiger partial charge in [-0.1, -0.05) is 44.2 Å². The number of ether oxygens (including phenoxy) is 1. The lowest BCUT2D eigenvalue weighted by atomic mass is 9.68. The Balaban J connectivity index is 1.53. The van der Waals surface area contributed by atoms with Crippen LogP contribution in [-0.2, 0) is 6.42 Å². The fraction of sp³-hybridized carbons (Fsp3) is 0.519. The van der Waals surface area contributed by atoms with Crippen molar-refractivity contribution < 1.29 is 14.6 Å². The zero-order valence-electron chi connectivity index (χ0n) is 19.3. The van der Waals surface area contributed by atoms with Crippen LogP contribution in [0.4, 0.5) is 4.79 Å². The molecule has 0 spiro atoms. The van der Waals surface area contributed by atoms with Gasteiger partial charge < -0.3 is 24.4 Å². The van der Waals surface area contributed by atoms with Crippen molar-refractivity contribution >= 4 is 6.09 Å². The van der Waals surface area contributed by atoms with Crippen molar-refractivity contribution in [2.45, 2.75) is 51.6 Å². The van der Waals surface area contributed by atoms with Crippen LogP contribution < -0.4 is 9.84 Å². The van der Waals surface area contributed by atoms with E-state index in [1.54, 1.807) is 12.0 Å². The van der Waals surface area contributed by atoms with Gasteiger partial charge >= 0.3 is 0 Å². The van der Waals surface area contributed by atoms with E-state index >= 15 is 0 Å². The number of piperidine rings is 3. The van der Waals surface area contributed by atoms with E-state index in [9.17, 15) is 9.90 Å². The average molecular weight is 434 g/mol. The molecule has 5 heteroatoms. The van der Waals surface area contributed by atoms with Crippen molar-refractivity contribution in [2.75, 3.05) is 26.7 Å². The molecule has 170 valence electrons. The van der Waals surface area contributed by atoms with Gasteiger partial charge in [0.15, 0.2) is 0 Å². The molecule has 5 nitrogen and oxygen atoms in total. The van der Waals surface area contributed by atoms with E-state index in [4.69, 9.17) is 4.74 Å². The third-order valence-electron chi connectivity index (χ3n) is 8.11. The topological polar surface area (TPSA) is 55.8 Å². The Labute approximate surface area is 191 Å². The molecule has 3 saturated heterocycles. The molecule has 3 fully saturated rings. The van der Waals surface area contributed by atoms with Crippen molar-refractivity contribution in [2.24, 2.45) is 11.3 Å². The summed E-state index contributed by atoms with van der Waals surface area (Å²) in [6.45, 7) is 7.46. The van der Waals surface area contributed by atoms with Crippen LogP contribution in [0.2, 0.25) is 0 Å². The molecule has 0 N–H and O–H groups in total. The van der Waals surface area contributed by atoms with Crippen molar-refractivity contribution in [1.82, 2.24) is 9.80 Å². The monoisotopic (exact) mass is 433 g/mol. The van der Waals surface area contributed by atoms with Gasteiger partial charge in [0.25, 0.3) is 0 Å². The Hall–Kier alpha value is -2.53. The summed E-state index contributed by atoms with van der Waals surface area (Å²) in [5, 5.41) is 12.6. The normalized spacial score (nSPS) is 28.1. The SMILES string of the molecule is COc1ccc(-c2ccc3c(c2)CCC(C)(C)[C@H]3N(C(=O)[O-])[C@@H]2CN3CCC2CC3)cc1. The molecule has 1 aliphatic carbocycles. The molecule has 32 heavy (non-hydrogen) atoms. The molecule has 2 aromatic rings. The van der Waals surface area contributed by atoms with Crippen LogP contribution >= 0.6 is 0 Å². The predicted molar refractivity (Wildman–Crippen MR) is 123 cm³/mol. The first kappa shape index (κ1) is 21.3. The van der Waals surface area contributed by atoms with Gasteiger partial charge in [-0.2, -0.15) is 0 Å². The van der Waals surface area contributed by atoms with E-state index in [0.29, 0.717) is 5.92 Å². The number of carbonyl (C=O) groups excluding carboxylic acids is 1. The standard InChI is InChI=1S/C27H34N2O3/c1-27(2)13-10-21-16-20(18-4-7-22(32-3)8-5-18)6-9-23(21)25(27)29(26(30)31)24-17-28-14-11-19(24)12-15-28/h4-9,16,19,24-25H,10-15,17H2,1-3H3,(H,30,31)/p-1/t24-,25+/m1/s1. The lowest BCUT2D eigenvalue weighted by Gasteiger charge is -2.56. The van der Waals surface area contributed by atoms with E-state index in [2.05, 4.69) is 49.1 Å². The van der Waals surface area contributed by atoms with Gasteiger partial charge in [0.1, 0.15) is 11.8 Å². The van der Waals surface area contributed by atoms with Gasteiger partial charge in [-0.05, 0) is 84.5 Å². The third kappa shape index (κ3) is 3.66. The highest BCUT2D eigenvalue weighted by atomic mass is 16.5. The molecule has 3 heterocycles. The Morgan fingerprint density at radius 2 is 1.78 bits per heavy atom. The minimum absolute atomic E-state index is 0.0268. The lowest BCUT2D eigenvalue weighted by Crippen LogP contribution is -2.63. The van der Waals surface area contributed by atoms with Crippen LogP contribution in [0, 0.1) is 11.3 Å². The van der Waals surface area contributed by atoms with E-state index in [0.717, 1.165) is 67.8 Å². The summed E-state index contributed by atoms with van der Waals surface area (Å²) in [5.74, 6) is 1.29. The second-order valence-corrected chi connectivity index (χ2v) is 10.4. The molecular weight excluding hydrogens is 400 g/mol. The lowest BCUT2D eigenvalue weighted by molar-refractivity contribution is -0.277. The number of amides is 1. The van der Waals surface area contributed by atoms with Crippen LogP contribution in [0.3, 0.4) is 0 Å². The fourth-order valence-electron chi connectivity index (χ4n) is 6.27. The maximum atomic E-state index is 12.6. The number of methoxy groups -OCH3 is 1. The summed E-state index contributed by atoms with van der Waals surface area (Å²) >= 11 is 0. The number of carbonyl (C=O) groups is 1. The summed E-state index contributed by atoms with van der Waals surface area (Å²) in [6, 6.07) is 14.5. The van der Waals surface area contributed by atoms with Crippen molar-refractivity contribution in [3.63, 3.8) is 0 Å². The summed E-state index contributed by atoms with van der Waals surface area (Å²) < 4.78 is 5.29. The molecule has 6 rings (SSSR count). The molecular formula is C27H33N2O3-. The van der Waals surface area contributed by atoms with Crippen LogP contribution in [0.5, 0.6) is 5.75 Å². The quantitative estimate of drug-likeness (QED) is 0.728. The number of hydrogen-bond acceptors (Lipinski definition) is 4. The highest BCUT2D eigenvalue weighted by Gasteiger charge is 2.46. The largest absolute Gasteiger partial charge is 0.530 e. The minimum Gasteiger partial charge on any atom is -0.530 e. The van der Waals surface area contributed by atoms with E-state index in [1.807, 2.05) is 12.1 Å². The maximum absolute atomic E-state index is 12.6. The second-order valence-electron chi connectivity index (χ2n) is 10.4. The van der Waals surface area contributed by atoms with Crippen molar-refractivity contribution in [3.8, 4) is 16.9 Å².